The summed E-state index contributed by atoms with van der Waals surface area (Å²) in [7, 11) is 1.02. The van der Waals surface area contributed by atoms with Gasteiger partial charge in [0, 0.05) is 0 Å². The molecule has 0 bridgehead atoms. The molecule has 1 aliphatic heterocycles. The lowest BCUT2D eigenvalue weighted by Gasteiger charge is -2.17. The molecule has 0 N–H and O–H groups in total. The Kier molecular flexibility index (Phi) is 3.64. The highest BCUT2D eigenvalue weighted by Crippen LogP contribution is 2.57. The number of esters is 1. The Morgan fingerprint density at radius 1 is 1.35 bits per heavy atom. The fraction of sp³-hybridized carbons (Fsp3) is 0.462. The second-order valence-electron chi connectivity index (χ2n) is 4.21. The monoisotopic (exact) mass is 290 g/mol. The quantitative estimate of drug-likeness (QED) is 0.631. The lowest BCUT2D eigenvalue weighted by atomic mass is 9.94. The Labute approximate surface area is 113 Å². The van der Waals surface area contributed by atoms with Gasteiger partial charge in [0.1, 0.15) is 5.75 Å². The van der Waals surface area contributed by atoms with Gasteiger partial charge >= 0.3 is 12.1 Å². The summed E-state index contributed by atoms with van der Waals surface area (Å²) in [5.74, 6) is -0.597. The molecule has 1 heterocycles. The van der Waals surface area contributed by atoms with E-state index in [4.69, 9.17) is 4.74 Å². The van der Waals surface area contributed by atoms with E-state index in [2.05, 4.69) is 9.47 Å². The summed E-state index contributed by atoms with van der Waals surface area (Å²) in [6.45, 7) is 2.17. The normalized spacial score (nSPS) is 25.1. The Morgan fingerprint density at radius 2 is 1.95 bits per heavy atom. The lowest BCUT2D eigenvalue weighted by molar-refractivity contribution is -0.188. The zero-order valence-electron chi connectivity index (χ0n) is 10.9. The third-order valence-electron chi connectivity index (χ3n) is 3.05. The molecule has 1 fully saturated rings. The van der Waals surface area contributed by atoms with Crippen LogP contribution in [-0.4, -0.2) is 32.0 Å². The van der Waals surface area contributed by atoms with Crippen molar-refractivity contribution in [3.05, 3.63) is 29.8 Å². The van der Waals surface area contributed by atoms with Crippen LogP contribution in [0.25, 0.3) is 0 Å². The van der Waals surface area contributed by atoms with Gasteiger partial charge in [0.25, 0.3) is 0 Å². The summed E-state index contributed by atoms with van der Waals surface area (Å²) in [4.78, 5) is 11.3. The standard InChI is InChI=1S/C13H13F3O4/c1-3-19-9-6-4-8(5-7-9)12(13(14,15)16)10(20-12)11(17)18-2/h4-7,10H,3H2,1-2H3. The predicted molar refractivity (Wildman–Crippen MR) is 62.2 cm³/mol. The van der Waals surface area contributed by atoms with Crippen LogP contribution in [-0.2, 0) is 19.9 Å². The van der Waals surface area contributed by atoms with Crippen molar-refractivity contribution >= 4 is 5.97 Å². The van der Waals surface area contributed by atoms with Gasteiger partial charge in [-0.05, 0) is 24.6 Å². The first kappa shape index (κ1) is 14.6. The molecule has 2 rings (SSSR count). The van der Waals surface area contributed by atoms with Gasteiger partial charge in [-0.1, -0.05) is 12.1 Å². The summed E-state index contributed by atoms with van der Waals surface area (Å²) in [6.07, 6.45) is -6.37. The van der Waals surface area contributed by atoms with Crippen LogP contribution in [0.5, 0.6) is 5.75 Å². The summed E-state index contributed by atoms with van der Waals surface area (Å²) in [5.41, 5.74) is -2.77. The second kappa shape index (κ2) is 4.97. The number of rotatable bonds is 4. The number of methoxy groups -OCH3 is 1. The summed E-state index contributed by atoms with van der Waals surface area (Å²) >= 11 is 0. The third kappa shape index (κ3) is 2.22. The predicted octanol–water partition coefficient (Wildman–Crippen LogP) is 2.41. The van der Waals surface area contributed by atoms with Crippen molar-refractivity contribution in [2.45, 2.75) is 24.8 Å². The average Bonchev–Trinajstić information content (AvgIpc) is 3.15. The van der Waals surface area contributed by atoms with E-state index in [0.717, 1.165) is 7.11 Å². The van der Waals surface area contributed by atoms with Crippen molar-refractivity contribution in [3.8, 4) is 5.75 Å². The molecule has 0 aliphatic carbocycles. The molecule has 0 aromatic heterocycles. The first-order chi connectivity index (χ1) is 9.36. The molecule has 1 saturated heterocycles. The van der Waals surface area contributed by atoms with Crippen LogP contribution in [0.15, 0.2) is 24.3 Å². The maximum absolute atomic E-state index is 13.2. The van der Waals surface area contributed by atoms with Gasteiger partial charge in [0.15, 0.2) is 6.10 Å². The van der Waals surface area contributed by atoms with Gasteiger partial charge in [0.2, 0.25) is 5.60 Å². The Bertz CT molecular complexity index is 497. The highest BCUT2D eigenvalue weighted by Gasteiger charge is 2.77. The van der Waals surface area contributed by atoms with Crippen molar-refractivity contribution in [2.75, 3.05) is 13.7 Å². The molecule has 0 radical (unpaired) electrons. The molecule has 2 unspecified atom stereocenters. The molecule has 1 aromatic carbocycles. The van der Waals surface area contributed by atoms with Gasteiger partial charge in [-0.2, -0.15) is 13.2 Å². The highest BCUT2D eigenvalue weighted by molar-refractivity contribution is 5.80. The van der Waals surface area contributed by atoms with Crippen LogP contribution >= 0.6 is 0 Å². The minimum atomic E-state index is -4.71. The van der Waals surface area contributed by atoms with E-state index in [0.29, 0.717) is 12.4 Å². The molecular weight excluding hydrogens is 277 g/mol. The molecule has 0 spiro atoms. The van der Waals surface area contributed by atoms with Gasteiger partial charge in [0.05, 0.1) is 13.7 Å². The maximum atomic E-state index is 13.2. The zero-order chi connectivity index (χ0) is 15.0. The van der Waals surface area contributed by atoms with Crippen LogP contribution in [0.4, 0.5) is 13.2 Å². The molecule has 4 nitrogen and oxygen atoms in total. The minimum Gasteiger partial charge on any atom is -0.494 e. The fourth-order valence-electron chi connectivity index (χ4n) is 2.04. The summed E-state index contributed by atoms with van der Waals surface area (Å²) in [6, 6.07) is 5.29. The van der Waals surface area contributed by atoms with Gasteiger partial charge < -0.3 is 14.2 Å². The summed E-state index contributed by atoms with van der Waals surface area (Å²) < 4.78 is 53.8. The van der Waals surface area contributed by atoms with Crippen LogP contribution in [0.3, 0.4) is 0 Å². The molecular formula is C13H13F3O4. The number of carbonyl (C=O) groups is 1. The van der Waals surface area contributed by atoms with Crippen molar-refractivity contribution in [3.63, 3.8) is 0 Å². The van der Waals surface area contributed by atoms with Gasteiger partial charge in [-0.3, -0.25) is 0 Å². The average molecular weight is 290 g/mol. The maximum Gasteiger partial charge on any atom is 0.424 e. The van der Waals surface area contributed by atoms with Crippen molar-refractivity contribution in [1.82, 2.24) is 0 Å². The number of hydrogen-bond donors (Lipinski definition) is 0. The topological polar surface area (TPSA) is 48.1 Å². The minimum absolute atomic E-state index is 0.149. The van der Waals surface area contributed by atoms with E-state index in [9.17, 15) is 18.0 Å². The molecule has 2 atom stereocenters. The first-order valence-corrected chi connectivity index (χ1v) is 5.92. The van der Waals surface area contributed by atoms with E-state index in [-0.39, 0.29) is 5.56 Å². The number of hydrogen-bond acceptors (Lipinski definition) is 4. The zero-order valence-corrected chi connectivity index (χ0v) is 10.9. The largest absolute Gasteiger partial charge is 0.494 e. The molecule has 0 saturated carbocycles. The van der Waals surface area contributed by atoms with E-state index >= 15 is 0 Å². The Morgan fingerprint density at radius 3 is 2.40 bits per heavy atom. The SMILES string of the molecule is CCOc1ccc(C2(C(F)(F)F)OC2C(=O)OC)cc1. The van der Waals surface area contributed by atoms with Crippen molar-refractivity contribution in [2.24, 2.45) is 0 Å². The molecule has 20 heavy (non-hydrogen) atoms. The van der Waals surface area contributed by atoms with E-state index in [1.807, 2.05) is 0 Å². The molecule has 7 heteroatoms. The van der Waals surface area contributed by atoms with Gasteiger partial charge in [-0.15, -0.1) is 0 Å². The molecule has 1 aromatic rings. The van der Waals surface area contributed by atoms with E-state index in [1.165, 1.54) is 24.3 Å². The van der Waals surface area contributed by atoms with Crippen LogP contribution < -0.4 is 4.74 Å². The Balaban J connectivity index is 2.33. The number of epoxide rings is 1. The number of alkyl halides is 3. The molecule has 0 amide bonds. The highest BCUT2D eigenvalue weighted by atomic mass is 19.4. The summed E-state index contributed by atoms with van der Waals surface area (Å²) in [5, 5.41) is 0. The third-order valence-corrected chi connectivity index (χ3v) is 3.05. The number of ether oxygens (including phenoxy) is 3. The van der Waals surface area contributed by atoms with E-state index in [1.54, 1.807) is 6.92 Å². The smallest absolute Gasteiger partial charge is 0.424 e. The Hall–Kier alpha value is -1.76. The molecule has 1 aliphatic rings. The fourth-order valence-corrected chi connectivity index (χ4v) is 2.04. The number of halogens is 3. The van der Waals surface area contributed by atoms with E-state index < -0.39 is 23.9 Å². The van der Waals surface area contributed by atoms with Crippen LogP contribution in [0, 0.1) is 0 Å². The van der Waals surface area contributed by atoms with Crippen LogP contribution in [0.2, 0.25) is 0 Å². The van der Waals surface area contributed by atoms with Crippen molar-refractivity contribution < 1.29 is 32.2 Å². The lowest BCUT2D eigenvalue weighted by Crippen LogP contribution is -2.35. The number of carbonyl (C=O) groups excluding carboxylic acids is 1. The first-order valence-electron chi connectivity index (χ1n) is 5.92. The second-order valence-corrected chi connectivity index (χ2v) is 4.21. The number of benzene rings is 1. The van der Waals surface area contributed by atoms with Crippen LogP contribution in [0.1, 0.15) is 12.5 Å². The van der Waals surface area contributed by atoms with Gasteiger partial charge in [-0.25, -0.2) is 4.79 Å². The molecule has 110 valence electrons. The van der Waals surface area contributed by atoms with Crippen molar-refractivity contribution in [1.29, 1.82) is 0 Å².